The van der Waals surface area contributed by atoms with Gasteiger partial charge in [0, 0.05) is 22.8 Å². The van der Waals surface area contributed by atoms with Gasteiger partial charge in [-0.25, -0.2) is 14.8 Å². The van der Waals surface area contributed by atoms with Crippen molar-refractivity contribution in [2.24, 2.45) is 0 Å². The van der Waals surface area contributed by atoms with Gasteiger partial charge in [0.2, 0.25) is 5.95 Å². The Bertz CT molecular complexity index is 1040. The lowest BCUT2D eigenvalue weighted by Gasteiger charge is -2.25. The molecular formula is C23H21Cl2N3O2. The highest BCUT2D eigenvalue weighted by molar-refractivity contribution is 6.30. The third-order valence-electron chi connectivity index (χ3n) is 5.41. The van der Waals surface area contributed by atoms with Crippen LogP contribution in [0.1, 0.15) is 46.1 Å². The second-order valence-electron chi connectivity index (χ2n) is 7.36. The van der Waals surface area contributed by atoms with Gasteiger partial charge in [-0.3, -0.25) is 0 Å². The Balaban J connectivity index is 1.60. The Morgan fingerprint density at radius 1 is 1.03 bits per heavy atom. The number of aromatic nitrogens is 2. The lowest BCUT2D eigenvalue weighted by molar-refractivity contribution is 0.0694. The maximum absolute atomic E-state index is 11.7. The van der Waals surface area contributed by atoms with Crippen LogP contribution < -0.4 is 4.90 Å². The Morgan fingerprint density at radius 2 is 1.70 bits per heavy atom. The SMILES string of the molecule is O=C(O)c1cnc(N2CCC[C@@H]2c2ccc(Cl)cc2)nc1CCc1ccc(Cl)cc1. The van der Waals surface area contributed by atoms with E-state index in [2.05, 4.69) is 14.9 Å². The third-order valence-corrected chi connectivity index (χ3v) is 5.92. The van der Waals surface area contributed by atoms with Crippen LogP contribution in [0.25, 0.3) is 0 Å². The fourth-order valence-electron chi connectivity index (χ4n) is 3.87. The number of benzene rings is 2. The van der Waals surface area contributed by atoms with E-state index in [1.807, 2.05) is 48.5 Å². The van der Waals surface area contributed by atoms with E-state index in [1.165, 1.54) is 6.20 Å². The van der Waals surface area contributed by atoms with Crippen molar-refractivity contribution in [3.05, 3.63) is 87.2 Å². The second-order valence-corrected chi connectivity index (χ2v) is 8.24. The molecule has 0 spiro atoms. The van der Waals surface area contributed by atoms with Crippen LogP contribution >= 0.6 is 23.2 Å². The minimum absolute atomic E-state index is 0.148. The number of aromatic carboxylic acids is 1. The van der Waals surface area contributed by atoms with Gasteiger partial charge >= 0.3 is 5.97 Å². The number of carboxylic acids is 1. The molecule has 1 saturated heterocycles. The van der Waals surface area contributed by atoms with Crippen molar-refractivity contribution < 1.29 is 9.90 Å². The van der Waals surface area contributed by atoms with Crippen molar-refractivity contribution >= 4 is 35.1 Å². The largest absolute Gasteiger partial charge is 0.478 e. The fraction of sp³-hybridized carbons (Fsp3) is 0.261. The first-order chi connectivity index (χ1) is 14.5. The summed E-state index contributed by atoms with van der Waals surface area (Å²) in [4.78, 5) is 22.9. The van der Waals surface area contributed by atoms with Crippen molar-refractivity contribution in [1.82, 2.24) is 9.97 Å². The van der Waals surface area contributed by atoms with Crippen LogP contribution in [-0.4, -0.2) is 27.6 Å². The standard InChI is InChI=1S/C23H21Cl2N3O2/c24-17-8-3-15(4-9-17)5-12-20-19(22(29)30)14-26-23(27-20)28-13-1-2-21(28)16-6-10-18(25)11-7-16/h3-4,6-11,14,21H,1-2,5,12-13H2,(H,29,30)/t21-/m1/s1. The van der Waals surface area contributed by atoms with E-state index < -0.39 is 5.97 Å². The van der Waals surface area contributed by atoms with Crippen LogP contribution in [0.5, 0.6) is 0 Å². The first-order valence-electron chi connectivity index (χ1n) is 9.87. The zero-order valence-corrected chi connectivity index (χ0v) is 17.8. The van der Waals surface area contributed by atoms with E-state index >= 15 is 0 Å². The Kier molecular flexibility index (Phi) is 6.21. The number of carbonyl (C=O) groups is 1. The predicted octanol–water partition coefficient (Wildman–Crippen LogP) is 5.61. The molecule has 30 heavy (non-hydrogen) atoms. The van der Waals surface area contributed by atoms with Crippen LogP contribution in [0.2, 0.25) is 10.0 Å². The molecule has 0 bridgehead atoms. The van der Waals surface area contributed by atoms with Crippen molar-refractivity contribution in [1.29, 1.82) is 0 Å². The molecule has 1 aliphatic heterocycles. The lowest BCUT2D eigenvalue weighted by Crippen LogP contribution is -2.25. The minimum Gasteiger partial charge on any atom is -0.478 e. The van der Waals surface area contributed by atoms with Crippen LogP contribution in [0.4, 0.5) is 5.95 Å². The third kappa shape index (κ3) is 4.58. The zero-order chi connectivity index (χ0) is 21.1. The Hall–Kier alpha value is -2.63. The topological polar surface area (TPSA) is 66.3 Å². The molecule has 3 aromatic rings. The molecule has 1 aliphatic rings. The summed E-state index contributed by atoms with van der Waals surface area (Å²) >= 11 is 12.0. The maximum atomic E-state index is 11.7. The zero-order valence-electron chi connectivity index (χ0n) is 16.3. The quantitative estimate of drug-likeness (QED) is 0.538. The molecule has 2 aromatic carbocycles. The normalized spacial score (nSPS) is 16.1. The minimum atomic E-state index is -1.01. The van der Waals surface area contributed by atoms with Gasteiger partial charge in [-0.05, 0) is 61.1 Å². The van der Waals surface area contributed by atoms with Gasteiger partial charge in [0.15, 0.2) is 0 Å². The number of hydrogen-bond acceptors (Lipinski definition) is 4. The van der Waals surface area contributed by atoms with Crippen molar-refractivity contribution in [2.75, 3.05) is 11.4 Å². The van der Waals surface area contributed by atoms with E-state index in [-0.39, 0.29) is 11.6 Å². The van der Waals surface area contributed by atoms with Crippen molar-refractivity contribution in [3.8, 4) is 0 Å². The van der Waals surface area contributed by atoms with Crippen molar-refractivity contribution in [3.63, 3.8) is 0 Å². The Labute approximate surface area is 185 Å². The molecule has 154 valence electrons. The van der Waals surface area contributed by atoms with Gasteiger partial charge in [0.1, 0.15) is 0 Å². The van der Waals surface area contributed by atoms with Crippen LogP contribution in [0, 0.1) is 0 Å². The van der Waals surface area contributed by atoms with E-state index in [0.29, 0.717) is 34.5 Å². The van der Waals surface area contributed by atoms with Gasteiger partial charge in [-0.1, -0.05) is 47.5 Å². The van der Waals surface area contributed by atoms with E-state index in [9.17, 15) is 9.90 Å². The van der Waals surface area contributed by atoms with Crippen LogP contribution in [0.15, 0.2) is 54.7 Å². The first-order valence-corrected chi connectivity index (χ1v) is 10.6. The Morgan fingerprint density at radius 3 is 2.37 bits per heavy atom. The number of rotatable bonds is 6. The fourth-order valence-corrected chi connectivity index (χ4v) is 4.12. The summed E-state index contributed by atoms with van der Waals surface area (Å²) in [5.74, 6) is -0.438. The highest BCUT2D eigenvalue weighted by Crippen LogP contribution is 2.35. The number of aryl methyl sites for hydroxylation is 2. The molecule has 0 unspecified atom stereocenters. The molecule has 0 aliphatic carbocycles. The molecule has 1 atom stereocenters. The maximum Gasteiger partial charge on any atom is 0.339 e. The summed E-state index contributed by atoms with van der Waals surface area (Å²) in [7, 11) is 0. The van der Waals surface area contributed by atoms with E-state index in [4.69, 9.17) is 23.2 Å². The van der Waals surface area contributed by atoms with Gasteiger partial charge in [0.25, 0.3) is 0 Å². The van der Waals surface area contributed by atoms with E-state index in [0.717, 1.165) is 30.5 Å². The first kappa shape index (κ1) is 20.6. The average Bonchev–Trinajstić information content (AvgIpc) is 3.23. The summed E-state index contributed by atoms with van der Waals surface area (Å²) in [6.07, 6.45) is 4.63. The molecule has 1 fully saturated rings. The number of carboxylic acid groups (broad SMARTS) is 1. The van der Waals surface area contributed by atoms with E-state index in [1.54, 1.807) is 0 Å². The molecule has 2 heterocycles. The molecule has 7 heteroatoms. The second kappa shape index (κ2) is 9.02. The lowest BCUT2D eigenvalue weighted by atomic mass is 10.0. The summed E-state index contributed by atoms with van der Waals surface area (Å²) in [6.45, 7) is 0.830. The average molecular weight is 442 g/mol. The van der Waals surface area contributed by atoms with Crippen LogP contribution in [-0.2, 0) is 12.8 Å². The number of anilines is 1. The monoisotopic (exact) mass is 441 g/mol. The summed E-state index contributed by atoms with van der Waals surface area (Å²) in [5, 5.41) is 11.0. The molecule has 4 rings (SSSR count). The molecular weight excluding hydrogens is 421 g/mol. The number of nitrogens with zero attached hydrogens (tertiary/aromatic N) is 3. The molecule has 5 nitrogen and oxygen atoms in total. The summed E-state index contributed by atoms with van der Waals surface area (Å²) in [6, 6.07) is 15.5. The van der Waals surface area contributed by atoms with Gasteiger partial charge < -0.3 is 10.0 Å². The molecule has 1 N–H and O–H groups in total. The highest BCUT2D eigenvalue weighted by atomic mass is 35.5. The van der Waals surface area contributed by atoms with Gasteiger partial charge in [-0.2, -0.15) is 0 Å². The summed E-state index contributed by atoms with van der Waals surface area (Å²) in [5.41, 5.74) is 2.93. The van der Waals surface area contributed by atoms with Gasteiger partial charge in [0.05, 0.1) is 17.3 Å². The number of halogens is 2. The molecule has 0 saturated carbocycles. The van der Waals surface area contributed by atoms with Crippen LogP contribution in [0.3, 0.4) is 0 Å². The van der Waals surface area contributed by atoms with Crippen molar-refractivity contribution in [2.45, 2.75) is 31.7 Å². The summed E-state index contributed by atoms with van der Waals surface area (Å²) < 4.78 is 0. The smallest absolute Gasteiger partial charge is 0.339 e. The highest BCUT2D eigenvalue weighted by Gasteiger charge is 2.29. The predicted molar refractivity (Wildman–Crippen MR) is 119 cm³/mol. The molecule has 0 amide bonds. The molecule has 0 radical (unpaired) electrons. The number of hydrogen-bond donors (Lipinski definition) is 1. The van der Waals surface area contributed by atoms with Gasteiger partial charge in [-0.15, -0.1) is 0 Å². The molecule has 1 aromatic heterocycles.